The molecule has 0 saturated carbocycles. The zero-order valence-electron chi connectivity index (χ0n) is 15.3. The van der Waals surface area contributed by atoms with E-state index in [1.165, 1.54) is 12.1 Å². The van der Waals surface area contributed by atoms with Crippen LogP contribution in [0, 0.1) is 0 Å². The Balaban J connectivity index is 2.09. The van der Waals surface area contributed by atoms with Gasteiger partial charge in [0.2, 0.25) is 0 Å². The number of nitrogens with one attached hydrogen (secondary N) is 2. The van der Waals surface area contributed by atoms with Crippen molar-refractivity contribution in [1.29, 1.82) is 0 Å². The van der Waals surface area contributed by atoms with Gasteiger partial charge in [-0.3, -0.25) is 4.72 Å². The number of nitrogens with zero attached hydrogens (tertiary/aromatic N) is 1. The average molecular weight is 375 g/mol. The summed E-state index contributed by atoms with van der Waals surface area (Å²) >= 11 is 0. The third-order valence-electron chi connectivity index (χ3n) is 4.08. The Morgan fingerprint density at radius 2 is 1.42 bits per heavy atom. The standard InChI is InChI=1S/C19H25N3O3S/c1-4-15-7-9-17(10-8-15)21-26(24,25)18-13-11-16(12-14-18)20-19(23)22(5-2)6-3/h7-14,21H,4-6H2,1-3H3,(H,20,23). The molecular formula is C19H25N3O3S. The summed E-state index contributed by atoms with van der Waals surface area (Å²) in [5, 5.41) is 2.76. The van der Waals surface area contributed by atoms with Gasteiger partial charge in [-0.05, 0) is 62.2 Å². The lowest BCUT2D eigenvalue weighted by Crippen LogP contribution is -2.34. The maximum Gasteiger partial charge on any atom is 0.321 e. The molecule has 0 aliphatic carbocycles. The molecule has 2 aromatic carbocycles. The van der Waals surface area contributed by atoms with Crippen molar-refractivity contribution in [3.05, 3.63) is 54.1 Å². The molecule has 0 aromatic heterocycles. The highest BCUT2D eigenvalue weighted by Gasteiger charge is 2.15. The van der Waals surface area contributed by atoms with E-state index in [4.69, 9.17) is 0 Å². The van der Waals surface area contributed by atoms with Gasteiger partial charge in [-0.15, -0.1) is 0 Å². The Labute approximate surface area is 155 Å². The number of urea groups is 1. The van der Waals surface area contributed by atoms with Crippen LogP contribution < -0.4 is 10.0 Å². The molecule has 0 saturated heterocycles. The quantitative estimate of drug-likeness (QED) is 0.770. The van der Waals surface area contributed by atoms with E-state index in [0.717, 1.165) is 12.0 Å². The summed E-state index contributed by atoms with van der Waals surface area (Å²) in [5.74, 6) is 0. The summed E-state index contributed by atoms with van der Waals surface area (Å²) in [4.78, 5) is 13.8. The maximum atomic E-state index is 12.5. The van der Waals surface area contributed by atoms with Crippen LogP contribution in [0.3, 0.4) is 0 Å². The first-order valence-electron chi connectivity index (χ1n) is 8.67. The van der Waals surface area contributed by atoms with Gasteiger partial charge in [0.15, 0.2) is 0 Å². The fraction of sp³-hybridized carbons (Fsp3) is 0.316. The monoisotopic (exact) mass is 375 g/mol. The van der Waals surface area contributed by atoms with E-state index in [1.54, 1.807) is 29.2 Å². The van der Waals surface area contributed by atoms with Crippen LogP contribution in [0.25, 0.3) is 0 Å². The summed E-state index contributed by atoms with van der Waals surface area (Å²) in [7, 11) is -3.68. The largest absolute Gasteiger partial charge is 0.325 e. The Hall–Kier alpha value is -2.54. The highest BCUT2D eigenvalue weighted by atomic mass is 32.2. The molecule has 2 aromatic rings. The molecule has 140 valence electrons. The van der Waals surface area contributed by atoms with Crippen molar-refractivity contribution in [3.63, 3.8) is 0 Å². The first-order chi connectivity index (χ1) is 12.4. The maximum absolute atomic E-state index is 12.5. The number of benzene rings is 2. The van der Waals surface area contributed by atoms with E-state index in [1.807, 2.05) is 32.9 Å². The molecule has 0 radical (unpaired) electrons. The molecule has 0 fully saturated rings. The molecule has 6 nitrogen and oxygen atoms in total. The fourth-order valence-corrected chi connectivity index (χ4v) is 3.51. The number of amides is 2. The minimum absolute atomic E-state index is 0.137. The van der Waals surface area contributed by atoms with Crippen molar-refractivity contribution < 1.29 is 13.2 Å². The second-order valence-corrected chi connectivity index (χ2v) is 7.47. The number of hydrogen-bond donors (Lipinski definition) is 2. The lowest BCUT2D eigenvalue weighted by Gasteiger charge is -2.19. The number of aryl methyl sites for hydroxylation is 1. The van der Waals surface area contributed by atoms with E-state index >= 15 is 0 Å². The van der Waals surface area contributed by atoms with Crippen LogP contribution >= 0.6 is 0 Å². The second-order valence-electron chi connectivity index (χ2n) is 5.78. The van der Waals surface area contributed by atoms with Gasteiger partial charge in [-0.1, -0.05) is 19.1 Å². The third kappa shape index (κ3) is 4.98. The van der Waals surface area contributed by atoms with Gasteiger partial charge in [-0.2, -0.15) is 0 Å². The summed E-state index contributed by atoms with van der Waals surface area (Å²) < 4.78 is 27.5. The molecule has 0 atom stereocenters. The molecule has 0 unspecified atom stereocenters. The first kappa shape index (κ1) is 19.8. The SMILES string of the molecule is CCc1ccc(NS(=O)(=O)c2ccc(NC(=O)N(CC)CC)cc2)cc1. The molecule has 2 amide bonds. The molecule has 0 aliphatic rings. The summed E-state index contributed by atoms with van der Waals surface area (Å²) in [6.45, 7) is 7.06. The Morgan fingerprint density at radius 1 is 0.885 bits per heavy atom. The molecule has 0 aliphatic heterocycles. The Bertz CT molecular complexity index is 827. The number of rotatable bonds is 7. The van der Waals surface area contributed by atoms with E-state index in [0.29, 0.717) is 24.5 Å². The summed E-state index contributed by atoms with van der Waals surface area (Å²) in [5.41, 5.74) is 2.20. The van der Waals surface area contributed by atoms with Gasteiger partial charge in [0.1, 0.15) is 0 Å². The van der Waals surface area contributed by atoms with Crippen LogP contribution in [-0.4, -0.2) is 32.4 Å². The molecular weight excluding hydrogens is 350 g/mol. The number of carbonyl (C=O) groups is 1. The lowest BCUT2D eigenvalue weighted by atomic mass is 10.2. The smallest absolute Gasteiger partial charge is 0.321 e. The van der Waals surface area contributed by atoms with Gasteiger partial charge in [0.05, 0.1) is 4.90 Å². The van der Waals surface area contributed by atoms with Crippen LogP contribution in [0.4, 0.5) is 16.2 Å². The van der Waals surface area contributed by atoms with Crippen LogP contribution in [0.5, 0.6) is 0 Å². The van der Waals surface area contributed by atoms with Gasteiger partial charge >= 0.3 is 6.03 Å². The molecule has 0 bridgehead atoms. The average Bonchev–Trinajstić information content (AvgIpc) is 2.63. The highest BCUT2D eigenvalue weighted by Crippen LogP contribution is 2.19. The third-order valence-corrected chi connectivity index (χ3v) is 5.48. The zero-order chi connectivity index (χ0) is 19.2. The lowest BCUT2D eigenvalue weighted by molar-refractivity contribution is 0.217. The Morgan fingerprint density at radius 3 is 1.92 bits per heavy atom. The minimum atomic E-state index is -3.68. The summed E-state index contributed by atoms with van der Waals surface area (Å²) in [6, 6.07) is 13.2. The molecule has 0 spiro atoms. The van der Waals surface area contributed by atoms with E-state index < -0.39 is 10.0 Å². The molecule has 2 N–H and O–H groups in total. The molecule has 26 heavy (non-hydrogen) atoms. The van der Waals surface area contributed by atoms with Crippen molar-refractivity contribution in [2.75, 3.05) is 23.1 Å². The predicted molar refractivity (Wildman–Crippen MR) is 105 cm³/mol. The number of hydrogen-bond acceptors (Lipinski definition) is 3. The Kier molecular flexibility index (Phi) is 6.63. The van der Waals surface area contributed by atoms with Crippen LogP contribution in [0.2, 0.25) is 0 Å². The van der Waals surface area contributed by atoms with E-state index in [-0.39, 0.29) is 10.9 Å². The molecule has 2 rings (SSSR count). The van der Waals surface area contributed by atoms with Gasteiger partial charge < -0.3 is 10.2 Å². The van der Waals surface area contributed by atoms with Crippen LogP contribution in [0.1, 0.15) is 26.3 Å². The number of anilines is 2. The normalized spacial score (nSPS) is 11.0. The fourth-order valence-electron chi connectivity index (χ4n) is 2.45. The minimum Gasteiger partial charge on any atom is -0.325 e. The van der Waals surface area contributed by atoms with Gasteiger partial charge in [-0.25, -0.2) is 13.2 Å². The predicted octanol–water partition coefficient (Wildman–Crippen LogP) is 3.92. The van der Waals surface area contributed by atoms with Gasteiger partial charge in [0, 0.05) is 24.5 Å². The highest BCUT2D eigenvalue weighted by molar-refractivity contribution is 7.92. The van der Waals surface area contributed by atoms with Crippen molar-refractivity contribution in [1.82, 2.24) is 4.90 Å². The second kappa shape index (κ2) is 8.71. The number of sulfonamides is 1. The van der Waals surface area contributed by atoms with Crippen LogP contribution in [0.15, 0.2) is 53.4 Å². The first-order valence-corrected chi connectivity index (χ1v) is 10.2. The number of carbonyl (C=O) groups excluding carboxylic acids is 1. The van der Waals surface area contributed by atoms with Crippen molar-refractivity contribution in [3.8, 4) is 0 Å². The molecule has 7 heteroatoms. The van der Waals surface area contributed by atoms with Crippen molar-refractivity contribution >= 4 is 27.4 Å². The molecule has 0 heterocycles. The topological polar surface area (TPSA) is 78.5 Å². The summed E-state index contributed by atoms with van der Waals surface area (Å²) in [6.07, 6.45) is 0.897. The zero-order valence-corrected chi connectivity index (χ0v) is 16.1. The van der Waals surface area contributed by atoms with Gasteiger partial charge in [0.25, 0.3) is 10.0 Å². The van der Waals surface area contributed by atoms with Crippen molar-refractivity contribution in [2.45, 2.75) is 32.1 Å². The van der Waals surface area contributed by atoms with Crippen molar-refractivity contribution in [2.24, 2.45) is 0 Å². The van der Waals surface area contributed by atoms with E-state index in [2.05, 4.69) is 10.0 Å². The van der Waals surface area contributed by atoms with Crippen LogP contribution in [-0.2, 0) is 16.4 Å². The van der Waals surface area contributed by atoms with E-state index in [9.17, 15) is 13.2 Å².